The van der Waals surface area contributed by atoms with E-state index in [0.717, 1.165) is 24.9 Å². The van der Waals surface area contributed by atoms with Crippen molar-refractivity contribution in [3.63, 3.8) is 0 Å². The van der Waals surface area contributed by atoms with Gasteiger partial charge in [-0.25, -0.2) is 4.39 Å². The molecule has 148 valence electrons. The van der Waals surface area contributed by atoms with E-state index in [0.29, 0.717) is 31.2 Å². The Morgan fingerprint density at radius 1 is 1.00 bits per heavy atom. The van der Waals surface area contributed by atoms with Gasteiger partial charge >= 0.3 is 0 Å². The van der Waals surface area contributed by atoms with Crippen molar-refractivity contribution in [3.05, 3.63) is 71.5 Å². The fraction of sp³-hybridized carbons (Fsp3) is 0.364. The van der Waals surface area contributed by atoms with Crippen molar-refractivity contribution in [1.29, 1.82) is 0 Å². The van der Waals surface area contributed by atoms with Crippen molar-refractivity contribution in [2.24, 2.45) is 4.99 Å². The summed E-state index contributed by atoms with van der Waals surface area (Å²) in [6.45, 7) is 4.31. The van der Waals surface area contributed by atoms with Crippen LogP contribution in [0.5, 0.6) is 0 Å². The number of hydrogen-bond acceptors (Lipinski definition) is 2. The van der Waals surface area contributed by atoms with Crippen LogP contribution in [0.25, 0.3) is 0 Å². The van der Waals surface area contributed by atoms with Gasteiger partial charge in [-0.1, -0.05) is 36.4 Å². The Balaban J connectivity index is 1.51. The minimum Gasteiger partial charge on any atom is -0.357 e. The Bertz CT molecular complexity index is 818. The van der Waals surface area contributed by atoms with Crippen molar-refractivity contribution < 1.29 is 9.18 Å². The molecule has 0 bridgehead atoms. The van der Waals surface area contributed by atoms with E-state index in [4.69, 9.17) is 0 Å². The quantitative estimate of drug-likeness (QED) is 0.374. The predicted octanol–water partition coefficient (Wildman–Crippen LogP) is 2.84. The molecule has 0 atom stereocenters. The van der Waals surface area contributed by atoms with Crippen LogP contribution in [0.1, 0.15) is 35.7 Å². The maximum absolute atomic E-state index is 14.1. The van der Waals surface area contributed by atoms with E-state index in [9.17, 15) is 9.18 Å². The number of rotatable bonds is 8. The molecule has 0 saturated heterocycles. The molecular weight excluding hydrogens is 355 g/mol. The Kier molecular flexibility index (Phi) is 6.63. The molecule has 6 heteroatoms. The number of benzene rings is 2. The van der Waals surface area contributed by atoms with Gasteiger partial charge in [0.15, 0.2) is 5.96 Å². The first-order valence-corrected chi connectivity index (χ1v) is 9.75. The predicted molar refractivity (Wildman–Crippen MR) is 110 cm³/mol. The summed E-state index contributed by atoms with van der Waals surface area (Å²) in [7, 11) is 0. The zero-order valence-corrected chi connectivity index (χ0v) is 16.2. The molecule has 1 fully saturated rings. The number of nitrogens with zero attached hydrogens (tertiary/aromatic N) is 1. The van der Waals surface area contributed by atoms with Crippen molar-refractivity contribution in [3.8, 4) is 0 Å². The molecule has 2 aromatic rings. The first-order valence-electron chi connectivity index (χ1n) is 9.75. The summed E-state index contributed by atoms with van der Waals surface area (Å²) in [5, 5.41) is 9.31. The average Bonchev–Trinajstić information content (AvgIpc) is 3.51. The third kappa shape index (κ3) is 5.09. The number of amides is 1. The Morgan fingerprint density at radius 3 is 2.36 bits per heavy atom. The van der Waals surface area contributed by atoms with Gasteiger partial charge in [0.05, 0.1) is 6.54 Å². The highest BCUT2D eigenvalue weighted by Gasteiger charge is 2.45. The molecule has 1 amide bonds. The smallest absolute Gasteiger partial charge is 0.251 e. The maximum Gasteiger partial charge on any atom is 0.251 e. The van der Waals surface area contributed by atoms with Crippen LogP contribution in [0.2, 0.25) is 0 Å². The number of carbonyl (C=O) groups is 1. The summed E-state index contributed by atoms with van der Waals surface area (Å²) in [6, 6.07) is 16.1. The van der Waals surface area contributed by atoms with Crippen molar-refractivity contribution >= 4 is 11.9 Å². The molecule has 0 unspecified atom stereocenters. The zero-order valence-electron chi connectivity index (χ0n) is 16.2. The third-order valence-corrected chi connectivity index (χ3v) is 4.92. The largest absolute Gasteiger partial charge is 0.357 e. The van der Waals surface area contributed by atoms with Gasteiger partial charge in [0, 0.05) is 30.6 Å². The average molecular weight is 382 g/mol. The van der Waals surface area contributed by atoms with Gasteiger partial charge in [0.1, 0.15) is 5.82 Å². The van der Waals surface area contributed by atoms with Crippen LogP contribution in [0.15, 0.2) is 59.6 Å². The summed E-state index contributed by atoms with van der Waals surface area (Å²) in [6.07, 6.45) is 1.90. The highest BCUT2D eigenvalue weighted by atomic mass is 19.1. The van der Waals surface area contributed by atoms with Crippen LogP contribution in [0, 0.1) is 5.82 Å². The maximum atomic E-state index is 14.1. The Labute approximate surface area is 165 Å². The van der Waals surface area contributed by atoms with Crippen LogP contribution in [-0.4, -0.2) is 38.0 Å². The highest BCUT2D eigenvalue weighted by molar-refractivity contribution is 5.94. The number of halogens is 1. The molecule has 3 N–H and O–H groups in total. The summed E-state index contributed by atoms with van der Waals surface area (Å²) >= 11 is 0. The molecular formula is C22H27FN4O. The monoisotopic (exact) mass is 382 g/mol. The van der Waals surface area contributed by atoms with E-state index in [-0.39, 0.29) is 17.1 Å². The minimum atomic E-state index is -0.185. The molecule has 1 aliphatic rings. The van der Waals surface area contributed by atoms with Gasteiger partial charge in [-0.15, -0.1) is 0 Å². The second kappa shape index (κ2) is 9.35. The van der Waals surface area contributed by atoms with Gasteiger partial charge in [-0.2, -0.15) is 0 Å². The zero-order chi connectivity index (χ0) is 19.8. The lowest BCUT2D eigenvalue weighted by molar-refractivity contribution is 0.0954. The second-order valence-electron chi connectivity index (χ2n) is 7.00. The molecule has 0 spiro atoms. The highest BCUT2D eigenvalue weighted by Crippen LogP contribution is 2.49. The second-order valence-corrected chi connectivity index (χ2v) is 7.00. The van der Waals surface area contributed by atoms with Gasteiger partial charge in [0.2, 0.25) is 0 Å². The molecule has 3 rings (SSSR count). The van der Waals surface area contributed by atoms with E-state index in [2.05, 4.69) is 20.9 Å². The molecule has 5 nitrogen and oxygen atoms in total. The molecule has 0 aliphatic heterocycles. The summed E-state index contributed by atoms with van der Waals surface area (Å²) in [5.74, 6) is 0.427. The van der Waals surface area contributed by atoms with Crippen molar-refractivity contribution in [2.45, 2.75) is 25.2 Å². The first kappa shape index (κ1) is 19.9. The van der Waals surface area contributed by atoms with Crippen molar-refractivity contribution in [2.75, 3.05) is 26.2 Å². The van der Waals surface area contributed by atoms with Crippen LogP contribution in [0.3, 0.4) is 0 Å². The molecule has 0 aromatic heterocycles. The lowest BCUT2D eigenvalue weighted by Gasteiger charge is -2.16. The summed E-state index contributed by atoms with van der Waals surface area (Å²) in [5.41, 5.74) is 1.21. The van der Waals surface area contributed by atoms with E-state index >= 15 is 0 Å². The standard InChI is InChI=1S/C22H27FN4O/c1-2-24-21(26-15-14-25-20(28)17-8-4-3-5-9-17)27-16-22(12-13-22)18-10-6-7-11-19(18)23/h3-11H,2,12-16H2,1H3,(H,25,28)(H2,24,26,27). The van der Waals surface area contributed by atoms with Gasteiger partial charge in [-0.3, -0.25) is 9.79 Å². The molecule has 2 aromatic carbocycles. The number of guanidine groups is 1. The SMILES string of the molecule is CCNC(=NCC1(c2ccccc2F)CC1)NCCNC(=O)c1ccccc1. The topological polar surface area (TPSA) is 65.5 Å². The minimum absolute atomic E-state index is 0.0965. The van der Waals surface area contributed by atoms with Crippen LogP contribution in [0.4, 0.5) is 4.39 Å². The Morgan fingerprint density at radius 2 is 1.68 bits per heavy atom. The van der Waals surface area contributed by atoms with Gasteiger partial charge < -0.3 is 16.0 Å². The number of aliphatic imine (C=N–C) groups is 1. The van der Waals surface area contributed by atoms with Crippen LogP contribution in [-0.2, 0) is 5.41 Å². The van der Waals surface area contributed by atoms with Crippen LogP contribution < -0.4 is 16.0 Å². The molecule has 1 saturated carbocycles. The van der Waals surface area contributed by atoms with Crippen LogP contribution >= 0.6 is 0 Å². The van der Waals surface area contributed by atoms with Gasteiger partial charge in [0.25, 0.3) is 5.91 Å². The fourth-order valence-electron chi connectivity index (χ4n) is 3.18. The third-order valence-electron chi connectivity index (χ3n) is 4.92. The molecule has 0 radical (unpaired) electrons. The fourth-order valence-corrected chi connectivity index (χ4v) is 3.18. The van der Waals surface area contributed by atoms with Gasteiger partial charge in [-0.05, 0) is 43.5 Å². The van der Waals surface area contributed by atoms with E-state index in [1.807, 2.05) is 37.3 Å². The molecule has 0 heterocycles. The number of carbonyl (C=O) groups excluding carboxylic acids is 1. The number of hydrogen-bond donors (Lipinski definition) is 3. The van der Waals surface area contributed by atoms with E-state index in [1.165, 1.54) is 6.07 Å². The first-order chi connectivity index (χ1) is 13.6. The molecule has 1 aliphatic carbocycles. The lowest BCUT2D eigenvalue weighted by Crippen LogP contribution is -2.42. The summed E-state index contributed by atoms with van der Waals surface area (Å²) < 4.78 is 14.1. The Hall–Kier alpha value is -2.89. The summed E-state index contributed by atoms with van der Waals surface area (Å²) in [4.78, 5) is 16.7. The number of nitrogens with one attached hydrogen (secondary N) is 3. The van der Waals surface area contributed by atoms with E-state index < -0.39 is 0 Å². The van der Waals surface area contributed by atoms with Crippen molar-refractivity contribution in [1.82, 2.24) is 16.0 Å². The lowest BCUT2D eigenvalue weighted by atomic mass is 9.95. The normalized spacial score (nSPS) is 15.0. The molecule has 28 heavy (non-hydrogen) atoms. The van der Waals surface area contributed by atoms with E-state index in [1.54, 1.807) is 18.2 Å².